The van der Waals surface area contributed by atoms with Crippen LogP contribution in [0.2, 0.25) is 0 Å². The number of nitrogens with zero attached hydrogens (tertiary/aromatic N) is 1. The molecule has 2 saturated heterocycles. The first-order chi connectivity index (χ1) is 7.86. The number of ether oxygens (including phenoxy) is 1. The maximum absolute atomic E-state index is 11.7. The molecule has 2 rings (SSSR count). The smallest absolute Gasteiger partial charge is 0.408 e. The number of carbonyl (C=O) groups excluding carboxylic acids is 1. The number of alkyl carbamates (subject to hydrolysis) is 1. The van der Waals surface area contributed by atoms with Crippen LogP contribution in [0.4, 0.5) is 4.79 Å². The lowest BCUT2D eigenvalue weighted by Gasteiger charge is -2.33. The molecule has 4 unspecified atom stereocenters. The van der Waals surface area contributed by atoms with Gasteiger partial charge in [0, 0.05) is 11.3 Å². The monoisotopic (exact) mass is 238 g/mol. The maximum Gasteiger partial charge on any atom is 0.408 e. The standard InChI is InChI=1S/C13H22N2O2/c1-6-7-10-13(15(10)5)9(2)12(3,4)8-17-11(16)14-13/h6,9-10H,1,7-8H2,2-5H3,(H,14,16). The van der Waals surface area contributed by atoms with Crippen LogP contribution in [-0.2, 0) is 4.74 Å². The van der Waals surface area contributed by atoms with Crippen LogP contribution in [0.25, 0.3) is 0 Å². The van der Waals surface area contributed by atoms with E-state index in [2.05, 4.69) is 37.6 Å². The summed E-state index contributed by atoms with van der Waals surface area (Å²) in [5, 5.41) is 3.04. The number of likely N-dealkylation sites (N-methyl/N-ethyl adjacent to an activating group) is 1. The largest absolute Gasteiger partial charge is 0.449 e. The molecule has 0 aliphatic carbocycles. The molecule has 0 bridgehead atoms. The molecule has 0 aromatic carbocycles. The Kier molecular flexibility index (Phi) is 2.73. The fourth-order valence-corrected chi connectivity index (χ4v) is 3.05. The van der Waals surface area contributed by atoms with Gasteiger partial charge in [0.25, 0.3) is 0 Å². The minimum Gasteiger partial charge on any atom is -0.449 e. The summed E-state index contributed by atoms with van der Waals surface area (Å²) in [4.78, 5) is 13.9. The lowest BCUT2D eigenvalue weighted by atomic mass is 9.75. The van der Waals surface area contributed by atoms with Crippen molar-refractivity contribution in [2.75, 3.05) is 13.7 Å². The Balaban J connectivity index is 2.31. The van der Waals surface area contributed by atoms with E-state index in [4.69, 9.17) is 4.74 Å². The van der Waals surface area contributed by atoms with E-state index in [9.17, 15) is 4.79 Å². The number of cyclic esters (lactones) is 1. The van der Waals surface area contributed by atoms with Crippen molar-refractivity contribution < 1.29 is 9.53 Å². The van der Waals surface area contributed by atoms with E-state index < -0.39 is 0 Å². The number of hydrogen-bond donors (Lipinski definition) is 1. The first-order valence-corrected chi connectivity index (χ1v) is 6.15. The van der Waals surface area contributed by atoms with Crippen LogP contribution in [-0.4, -0.2) is 36.4 Å². The van der Waals surface area contributed by atoms with Gasteiger partial charge in [-0.25, -0.2) is 4.79 Å². The highest BCUT2D eigenvalue weighted by Gasteiger charge is 2.67. The van der Waals surface area contributed by atoms with Crippen LogP contribution < -0.4 is 5.32 Å². The highest BCUT2D eigenvalue weighted by molar-refractivity contribution is 5.70. The Hall–Kier alpha value is -1.03. The molecule has 4 heteroatoms. The molecule has 1 spiro atoms. The summed E-state index contributed by atoms with van der Waals surface area (Å²) < 4.78 is 5.24. The Morgan fingerprint density at radius 3 is 2.88 bits per heavy atom. The van der Waals surface area contributed by atoms with Gasteiger partial charge < -0.3 is 10.1 Å². The van der Waals surface area contributed by atoms with Gasteiger partial charge in [0.15, 0.2) is 0 Å². The quantitative estimate of drug-likeness (QED) is 0.591. The number of hydrogen-bond acceptors (Lipinski definition) is 3. The summed E-state index contributed by atoms with van der Waals surface area (Å²) in [6, 6.07) is 0.333. The molecule has 0 saturated carbocycles. The Morgan fingerprint density at radius 1 is 1.65 bits per heavy atom. The summed E-state index contributed by atoms with van der Waals surface area (Å²) in [5.41, 5.74) is -0.283. The summed E-state index contributed by atoms with van der Waals surface area (Å²) in [6.07, 6.45) is 2.49. The average Bonchev–Trinajstić information content (AvgIpc) is 2.83. The topological polar surface area (TPSA) is 41.3 Å². The van der Waals surface area contributed by atoms with Gasteiger partial charge in [-0.3, -0.25) is 4.90 Å². The van der Waals surface area contributed by atoms with Crippen molar-refractivity contribution in [1.29, 1.82) is 0 Å². The van der Waals surface area contributed by atoms with Gasteiger partial charge in [-0.05, 0) is 13.5 Å². The van der Waals surface area contributed by atoms with Gasteiger partial charge in [-0.1, -0.05) is 26.8 Å². The van der Waals surface area contributed by atoms with Gasteiger partial charge in [-0.2, -0.15) is 0 Å². The van der Waals surface area contributed by atoms with E-state index in [1.807, 2.05) is 13.1 Å². The first-order valence-electron chi connectivity index (χ1n) is 6.15. The summed E-state index contributed by atoms with van der Waals surface area (Å²) >= 11 is 0. The fraction of sp³-hybridized carbons (Fsp3) is 0.769. The Morgan fingerprint density at radius 2 is 2.29 bits per heavy atom. The van der Waals surface area contributed by atoms with Crippen LogP contribution in [0.15, 0.2) is 12.7 Å². The van der Waals surface area contributed by atoms with Crippen LogP contribution >= 0.6 is 0 Å². The highest BCUT2D eigenvalue weighted by Crippen LogP contribution is 2.52. The van der Waals surface area contributed by atoms with Crippen molar-refractivity contribution in [3.8, 4) is 0 Å². The van der Waals surface area contributed by atoms with Gasteiger partial charge in [0.05, 0.1) is 12.6 Å². The molecule has 4 atom stereocenters. The minimum absolute atomic E-state index is 0.0245. The van der Waals surface area contributed by atoms with Crippen molar-refractivity contribution in [1.82, 2.24) is 10.2 Å². The molecule has 2 aliphatic heterocycles. The molecular weight excluding hydrogens is 216 g/mol. The van der Waals surface area contributed by atoms with Gasteiger partial charge >= 0.3 is 6.09 Å². The third-order valence-corrected chi connectivity index (χ3v) is 4.59. The Labute approximate surface area is 103 Å². The lowest BCUT2D eigenvalue weighted by Crippen LogP contribution is -2.48. The van der Waals surface area contributed by atoms with Crippen molar-refractivity contribution in [2.45, 2.75) is 38.9 Å². The summed E-state index contributed by atoms with van der Waals surface area (Å²) in [7, 11) is 2.05. The van der Waals surface area contributed by atoms with Crippen LogP contribution in [0.3, 0.4) is 0 Å². The number of carbonyl (C=O) groups is 1. The van der Waals surface area contributed by atoms with Gasteiger partial charge in [-0.15, -0.1) is 6.58 Å². The second-order valence-corrected chi connectivity index (χ2v) is 5.89. The number of amides is 1. The zero-order valence-corrected chi connectivity index (χ0v) is 11.1. The molecule has 1 N–H and O–H groups in total. The van der Waals surface area contributed by atoms with E-state index in [1.165, 1.54) is 0 Å². The zero-order chi connectivity index (χ0) is 12.8. The molecular formula is C13H22N2O2. The highest BCUT2D eigenvalue weighted by atomic mass is 16.6. The molecule has 2 aliphatic rings. The molecule has 2 heterocycles. The summed E-state index contributed by atoms with van der Waals surface area (Å²) in [6.45, 7) is 10.7. The van der Waals surface area contributed by atoms with Crippen molar-refractivity contribution in [2.24, 2.45) is 11.3 Å². The van der Waals surface area contributed by atoms with E-state index in [-0.39, 0.29) is 17.2 Å². The summed E-state index contributed by atoms with van der Waals surface area (Å²) in [5.74, 6) is 0.330. The predicted octanol–water partition coefficient (Wildman–Crippen LogP) is 1.97. The molecule has 96 valence electrons. The predicted molar refractivity (Wildman–Crippen MR) is 66.5 cm³/mol. The molecule has 1 amide bonds. The minimum atomic E-state index is -0.305. The third kappa shape index (κ3) is 1.66. The molecule has 4 nitrogen and oxygen atoms in total. The van der Waals surface area contributed by atoms with E-state index in [0.717, 1.165) is 6.42 Å². The molecule has 0 aromatic rings. The molecule has 0 radical (unpaired) electrons. The maximum atomic E-state index is 11.7. The molecule has 17 heavy (non-hydrogen) atoms. The SMILES string of the molecule is C=CCC1N(C)C12NC(=O)OCC(C)(C)C2C. The third-order valence-electron chi connectivity index (χ3n) is 4.59. The van der Waals surface area contributed by atoms with Crippen LogP contribution in [0, 0.1) is 11.3 Å². The average molecular weight is 238 g/mol. The second kappa shape index (κ2) is 3.73. The van der Waals surface area contributed by atoms with Crippen molar-refractivity contribution in [3.63, 3.8) is 0 Å². The first kappa shape index (κ1) is 12.4. The van der Waals surface area contributed by atoms with Crippen molar-refractivity contribution >= 4 is 6.09 Å². The number of rotatable bonds is 2. The van der Waals surface area contributed by atoms with E-state index >= 15 is 0 Å². The van der Waals surface area contributed by atoms with Gasteiger partial charge in [0.1, 0.15) is 5.66 Å². The van der Waals surface area contributed by atoms with Crippen LogP contribution in [0.5, 0.6) is 0 Å². The molecule has 2 fully saturated rings. The van der Waals surface area contributed by atoms with E-state index in [1.54, 1.807) is 0 Å². The second-order valence-electron chi connectivity index (χ2n) is 5.89. The Bertz CT molecular complexity index is 353. The van der Waals surface area contributed by atoms with Crippen LogP contribution in [0.1, 0.15) is 27.2 Å². The zero-order valence-electron chi connectivity index (χ0n) is 11.1. The van der Waals surface area contributed by atoms with E-state index in [0.29, 0.717) is 18.6 Å². The number of nitrogens with one attached hydrogen (secondary N) is 1. The fourth-order valence-electron chi connectivity index (χ4n) is 3.05. The van der Waals surface area contributed by atoms with Crippen molar-refractivity contribution in [3.05, 3.63) is 12.7 Å². The van der Waals surface area contributed by atoms with Gasteiger partial charge in [0.2, 0.25) is 0 Å². The lowest BCUT2D eigenvalue weighted by molar-refractivity contribution is 0.0843. The molecule has 0 aromatic heterocycles. The normalized spacial score (nSPS) is 43.5.